The minimum Gasteiger partial charge on any atom is -0.394 e. The van der Waals surface area contributed by atoms with Crippen molar-refractivity contribution in [3.63, 3.8) is 0 Å². The van der Waals surface area contributed by atoms with E-state index in [0.717, 1.165) is 24.3 Å². The second-order valence-electron chi connectivity index (χ2n) is 4.14. The highest BCUT2D eigenvalue weighted by atomic mass is 16.5. The van der Waals surface area contributed by atoms with Crippen molar-refractivity contribution < 1.29 is 9.84 Å². The van der Waals surface area contributed by atoms with Gasteiger partial charge in [-0.25, -0.2) is 4.68 Å². The lowest BCUT2D eigenvalue weighted by molar-refractivity contribution is 0.0938. The number of para-hydroxylation sites is 1. The number of benzene rings is 1. The van der Waals surface area contributed by atoms with E-state index in [1.807, 2.05) is 47.4 Å². The summed E-state index contributed by atoms with van der Waals surface area (Å²) in [5, 5.41) is 16.1. The minimum atomic E-state index is 0.0733. The molecule has 0 bridgehead atoms. The smallest absolute Gasteiger partial charge is 0.0698 e. The Hall–Kier alpha value is -1.69. The van der Waals surface area contributed by atoms with Gasteiger partial charge in [-0.2, -0.15) is 5.10 Å². The van der Waals surface area contributed by atoms with E-state index in [1.54, 1.807) is 0 Å². The summed E-state index contributed by atoms with van der Waals surface area (Å²) in [6.07, 6.45) is 3.87. The molecule has 1 aromatic heterocycles. The lowest BCUT2D eigenvalue weighted by atomic mass is 10.3. The summed E-state index contributed by atoms with van der Waals surface area (Å²) in [5.41, 5.74) is 2.19. The molecule has 0 aliphatic carbocycles. The van der Waals surface area contributed by atoms with Crippen LogP contribution in [-0.4, -0.2) is 41.3 Å². The maximum Gasteiger partial charge on any atom is 0.0698 e. The zero-order valence-electron chi connectivity index (χ0n) is 10.8. The average Bonchev–Trinajstić information content (AvgIpc) is 2.92. The molecule has 1 heterocycles. The summed E-state index contributed by atoms with van der Waals surface area (Å²) in [4.78, 5) is 0. The molecule has 0 unspecified atom stereocenters. The largest absolute Gasteiger partial charge is 0.394 e. The minimum absolute atomic E-state index is 0.0733. The van der Waals surface area contributed by atoms with Crippen molar-refractivity contribution in [2.75, 3.05) is 26.4 Å². The first-order valence-corrected chi connectivity index (χ1v) is 6.38. The summed E-state index contributed by atoms with van der Waals surface area (Å²) < 4.78 is 7.02. The van der Waals surface area contributed by atoms with Gasteiger partial charge in [-0.1, -0.05) is 18.2 Å². The second-order valence-corrected chi connectivity index (χ2v) is 4.14. The van der Waals surface area contributed by atoms with Crippen LogP contribution in [-0.2, 0) is 11.3 Å². The maximum absolute atomic E-state index is 8.56. The van der Waals surface area contributed by atoms with Gasteiger partial charge in [0.15, 0.2) is 0 Å². The third-order valence-corrected chi connectivity index (χ3v) is 2.64. The Morgan fingerprint density at radius 2 is 2.05 bits per heavy atom. The molecule has 0 saturated carbocycles. The number of aliphatic hydroxyl groups excluding tert-OH is 1. The molecule has 2 N–H and O–H groups in total. The van der Waals surface area contributed by atoms with Crippen molar-refractivity contribution in [2.24, 2.45) is 0 Å². The van der Waals surface area contributed by atoms with Crippen LogP contribution in [0.1, 0.15) is 5.56 Å². The zero-order chi connectivity index (χ0) is 13.3. The van der Waals surface area contributed by atoms with E-state index < -0.39 is 0 Å². The summed E-state index contributed by atoms with van der Waals surface area (Å²) in [6.45, 7) is 2.59. The molecule has 102 valence electrons. The Labute approximate surface area is 112 Å². The fourth-order valence-corrected chi connectivity index (χ4v) is 1.72. The van der Waals surface area contributed by atoms with Gasteiger partial charge in [0.1, 0.15) is 0 Å². The topological polar surface area (TPSA) is 59.3 Å². The molecule has 2 rings (SSSR count). The standard InChI is InChI=1S/C14H19N3O2/c18-7-9-19-8-6-15-10-13-11-16-17(12-13)14-4-2-1-3-5-14/h1-5,11-12,15,18H,6-10H2. The predicted octanol–water partition coefficient (Wildman–Crippen LogP) is 0.971. The van der Waals surface area contributed by atoms with Crippen molar-refractivity contribution in [3.05, 3.63) is 48.3 Å². The normalized spacial score (nSPS) is 10.8. The van der Waals surface area contributed by atoms with Gasteiger partial charge in [0.05, 0.1) is 31.7 Å². The number of aliphatic hydroxyl groups is 1. The Balaban J connectivity index is 1.75. The Kier molecular flexibility index (Phi) is 5.55. The van der Waals surface area contributed by atoms with E-state index >= 15 is 0 Å². The summed E-state index contributed by atoms with van der Waals surface area (Å²) in [5.74, 6) is 0. The third kappa shape index (κ3) is 4.48. The molecule has 0 fully saturated rings. The molecule has 5 heteroatoms. The molecule has 19 heavy (non-hydrogen) atoms. The van der Waals surface area contributed by atoms with Crippen molar-refractivity contribution in [1.82, 2.24) is 15.1 Å². The quantitative estimate of drug-likeness (QED) is 0.695. The molecule has 0 spiro atoms. The first-order valence-electron chi connectivity index (χ1n) is 6.38. The van der Waals surface area contributed by atoms with Crippen molar-refractivity contribution in [2.45, 2.75) is 6.54 Å². The fraction of sp³-hybridized carbons (Fsp3) is 0.357. The van der Waals surface area contributed by atoms with Crippen LogP contribution >= 0.6 is 0 Å². The van der Waals surface area contributed by atoms with Crippen molar-refractivity contribution >= 4 is 0 Å². The van der Waals surface area contributed by atoms with Gasteiger partial charge < -0.3 is 15.2 Å². The van der Waals surface area contributed by atoms with Crippen LogP contribution < -0.4 is 5.32 Å². The molecule has 1 aromatic carbocycles. The van der Waals surface area contributed by atoms with Gasteiger partial charge in [0.25, 0.3) is 0 Å². The van der Waals surface area contributed by atoms with Crippen LogP contribution in [0, 0.1) is 0 Å². The number of rotatable bonds is 8. The van der Waals surface area contributed by atoms with Crippen LogP contribution in [0.3, 0.4) is 0 Å². The third-order valence-electron chi connectivity index (χ3n) is 2.64. The first-order chi connectivity index (χ1) is 9.40. The number of nitrogens with one attached hydrogen (secondary N) is 1. The molecule has 0 saturated heterocycles. The number of aromatic nitrogens is 2. The zero-order valence-corrected chi connectivity index (χ0v) is 10.8. The number of hydrogen-bond donors (Lipinski definition) is 2. The van der Waals surface area contributed by atoms with Gasteiger partial charge in [-0.05, 0) is 12.1 Å². The van der Waals surface area contributed by atoms with Crippen LogP contribution in [0.2, 0.25) is 0 Å². The SMILES string of the molecule is OCCOCCNCc1cnn(-c2ccccc2)c1. The first kappa shape index (κ1) is 13.7. The number of ether oxygens (including phenoxy) is 1. The van der Waals surface area contributed by atoms with Crippen molar-refractivity contribution in [3.8, 4) is 5.69 Å². The van der Waals surface area contributed by atoms with Crippen molar-refractivity contribution in [1.29, 1.82) is 0 Å². The lowest BCUT2D eigenvalue weighted by Crippen LogP contribution is -2.19. The van der Waals surface area contributed by atoms with E-state index in [1.165, 1.54) is 0 Å². The van der Waals surface area contributed by atoms with Gasteiger partial charge in [0.2, 0.25) is 0 Å². The summed E-state index contributed by atoms with van der Waals surface area (Å²) in [7, 11) is 0. The highest BCUT2D eigenvalue weighted by Crippen LogP contribution is 2.07. The second kappa shape index (κ2) is 7.68. The Bertz CT molecular complexity index is 471. The van der Waals surface area contributed by atoms with E-state index in [4.69, 9.17) is 9.84 Å². The van der Waals surface area contributed by atoms with Gasteiger partial charge in [-0.15, -0.1) is 0 Å². The molecular weight excluding hydrogens is 242 g/mol. The molecule has 2 aromatic rings. The molecule has 5 nitrogen and oxygen atoms in total. The highest BCUT2D eigenvalue weighted by Gasteiger charge is 1.99. The number of nitrogens with zero attached hydrogens (tertiary/aromatic N) is 2. The monoisotopic (exact) mass is 261 g/mol. The molecular formula is C14H19N3O2. The number of hydrogen-bond acceptors (Lipinski definition) is 4. The van der Waals surface area contributed by atoms with E-state index in [-0.39, 0.29) is 6.61 Å². The Morgan fingerprint density at radius 3 is 2.84 bits per heavy atom. The summed E-state index contributed by atoms with van der Waals surface area (Å²) in [6, 6.07) is 10.0. The maximum atomic E-state index is 8.56. The van der Waals surface area contributed by atoms with E-state index in [2.05, 4.69) is 10.4 Å². The highest BCUT2D eigenvalue weighted by molar-refractivity contribution is 5.30. The molecule has 0 aliphatic heterocycles. The van der Waals surface area contributed by atoms with Crippen LogP contribution in [0.5, 0.6) is 0 Å². The summed E-state index contributed by atoms with van der Waals surface area (Å²) >= 11 is 0. The fourth-order valence-electron chi connectivity index (χ4n) is 1.72. The lowest BCUT2D eigenvalue weighted by Gasteiger charge is -2.03. The van der Waals surface area contributed by atoms with Gasteiger partial charge in [-0.3, -0.25) is 0 Å². The molecule has 0 amide bonds. The van der Waals surface area contributed by atoms with Crippen LogP contribution in [0.4, 0.5) is 0 Å². The van der Waals surface area contributed by atoms with E-state index in [0.29, 0.717) is 13.2 Å². The van der Waals surface area contributed by atoms with Crippen LogP contribution in [0.25, 0.3) is 5.69 Å². The molecule has 0 aliphatic rings. The molecule has 0 atom stereocenters. The molecule has 0 radical (unpaired) electrons. The van der Waals surface area contributed by atoms with Gasteiger partial charge >= 0.3 is 0 Å². The average molecular weight is 261 g/mol. The van der Waals surface area contributed by atoms with E-state index in [9.17, 15) is 0 Å². The van der Waals surface area contributed by atoms with Gasteiger partial charge in [0, 0.05) is 24.8 Å². The predicted molar refractivity (Wildman–Crippen MR) is 73.2 cm³/mol. The van der Waals surface area contributed by atoms with Crippen LogP contribution in [0.15, 0.2) is 42.7 Å². The Morgan fingerprint density at radius 1 is 1.21 bits per heavy atom.